The number of allylic oxidation sites excluding steroid dienone is 1. The minimum absolute atomic E-state index is 0.0283. The fourth-order valence-electron chi connectivity index (χ4n) is 3.75. The summed E-state index contributed by atoms with van der Waals surface area (Å²) in [5, 5.41) is 39.4. The van der Waals surface area contributed by atoms with Gasteiger partial charge in [-0.3, -0.25) is 0 Å². The maximum Gasteiger partial charge on any atom is 0.124 e. The van der Waals surface area contributed by atoms with Crippen LogP contribution in [0.4, 0.5) is 0 Å². The van der Waals surface area contributed by atoms with E-state index >= 15 is 0 Å². The minimum atomic E-state index is -0.582. The zero-order valence-electron chi connectivity index (χ0n) is 14.4. The van der Waals surface area contributed by atoms with Crippen LogP contribution in [0, 0.1) is 31.6 Å². The second-order valence-electron chi connectivity index (χ2n) is 6.89. The smallest absolute Gasteiger partial charge is 0.124 e. The number of aryl methyl sites for hydroxylation is 1. The zero-order chi connectivity index (χ0) is 17.3. The second-order valence-corrected chi connectivity index (χ2v) is 6.89. The molecule has 0 bridgehead atoms. The molecular formula is C19H28O4. The summed E-state index contributed by atoms with van der Waals surface area (Å²) in [5.74, 6) is 0.385. The van der Waals surface area contributed by atoms with Gasteiger partial charge < -0.3 is 20.4 Å². The minimum Gasteiger partial charge on any atom is -0.507 e. The number of aliphatic hydroxyl groups excluding tert-OH is 3. The highest BCUT2D eigenvalue weighted by Crippen LogP contribution is 2.37. The molecule has 1 aliphatic carbocycles. The molecule has 0 saturated carbocycles. The highest BCUT2D eigenvalue weighted by molar-refractivity contribution is 5.49. The van der Waals surface area contributed by atoms with Crippen molar-refractivity contribution in [1.29, 1.82) is 0 Å². The highest BCUT2D eigenvalue weighted by atomic mass is 16.3. The van der Waals surface area contributed by atoms with Crippen LogP contribution < -0.4 is 0 Å². The van der Waals surface area contributed by atoms with E-state index in [0.717, 1.165) is 28.7 Å². The molecule has 0 amide bonds. The molecule has 23 heavy (non-hydrogen) atoms. The summed E-state index contributed by atoms with van der Waals surface area (Å²) in [7, 11) is 0. The van der Waals surface area contributed by atoms with Gasteiger partial charge in [-0.2, -0.15) is 0 Å². The van der Waals surface area contributed by atoms with E-state index in [4.69, 9.17) is 0 Å². The maximum absolute atomic E-state index is 10.2. The van der Waals surface area contributed by atoms with Gasteiger partial charge in [-0.1, -0.05) is 19.1 Å². The number of rotatable bonds is 4. The molecule has 128 valence electrons. The largest absolute Gasteiger partial charge is 0.507 e. The van der Waals surface area contributed by atoms with E-state index in [1.54, 1.807) is 0 Å². The van der Waals surface area contributed by atoms with Gasteiger partial charge in [0, 0.05) is 18.1 Å². The van der Waals surface area contributed by atoms with Crippen LogP contribution in [0.15, 0.2) is 17.7 Å². The predicted octanol–water partition coefficient (Wildman–Crippen LogP) is 2.23. The maximum atomic E-state index is 10.2. The molecule has 4 atom stereocenters. The van der Waals surface area contributed by atoms with Gasteiger partial charge in [0.15, 0.2) is 0 Å². The van der Waals surface area contributed by atoms with Crippen LogP contribution in [0.5, 0.6) is 5.75 Å². The lowest BCUT2D eigenvalue weighted by atomic mass is 9.70. The lowest BCUT2D eigenvalue weighted by Gasteiger charge is -2.37. The van der Waals surface area contributed by atoms with Gasteiger partial charge in [0.25, 0.3) is 0 Å². The summed E-state index contributed by atoms with van der Waals surface area (Å²) in [5.41, 5.74) is 4.27. The molecule has 4 nitrogen and oxygen atoms in total. The molecule has 0 radical (unpaired) electrons. The third kappa shape index (κ3) is 3.30. The monoisotopic (exact) mass is 320 g/mol. The van der Waals surface area contributed by atoms with E-state index in [0.29, 0.717) is 5.56 Å². The summed E-state index contributed by atoms with van der Waals surface area (Å²) in [6, 6.07) is 1.97. The van der Waals surface area contributed by atoms with Gasteiger partial charge >= 0.3 is 0 Å². The van der Waals surface area contributed by atoms with Crippen molar-refractivity contribution < 1.29 is 20.4 Å². The van der Waals surface area contributed by atoms with Crippen molar-refractivity contribution in [3.63, 3.8) is 0 Å². The summed E-state index contributed by atoms with van der Waals surface area (Å²) < 4.78 is 0. The third-order valence-corrected chi connectivity index (χ3v) is 5.51. The average Bonchev–Trinajstić information content (AvgIpc) is 2.51. The Morgan fingerprint density at radius 1 is 1.13 bits per heavy atom. The number of hydrogen-bond donors (Lipinski definition) is 4. The molecule has 0 heterocycles. The van der Waals surface area contributed by atoms with Crippen LogP contribution in [0.3, 0.4) is 0 Å². The van der Waals surface area contributed by atoms with E-state index in [9.17, 15) is 20.4 Å². The Morgan fingerprint density at radius 2 is 1.78 bits per heavy atom. The number of hydrogen-bond acceptors (Lipinski definition) is 4. The van der Waals surface area contributed by atoms with Gasteiger partial charge in [-0.05, 0) is 61.3 Å². The standard InChI is InChI=1S/C19H28O4/c1-10-5-14(12(3)16(8-20)18(10)22)7-15-6-11(2)19(23)17(9-21)13(15)4/h5-6,12,14,16,18,20-23H,7-9H2,1-4H3. The van der Waals surface area contributed by atoms with E-state index in [2.05, 4.69) is 13.0 Å². The summed E-state index contributed by atoms with van der Waals surface area (Å²) >= 11 is 0. The number of phenols is 1. The first-order valence-electron chi connectivity index (χ1n) is 8.20. The number of aromatic hydroxyl groups is 1. The molecule has 4 heteroatoms. The Labute approximate surface area is 138 Å². The molecule has 4 N–H and O–H groups in total. The lowest BCUT2D eigenvalue weighted by Crippen LogP contribution is -2.38. The van der Waals surface area contributed by atoms with Crippen molar-refractivity contribution in [3.8, 4) is 5.75 Å². The van der Waals surface area contributed by atoms with Crippen LogP contribution in [-0.4, -0.2) is 33.1 Å². The zero-order valence-corrected chi connectivity index (χ0v) is 14.4. The van der Waals surface area contributed by atoms with E-state index in [1.807, 2.05) is 26.8 Å². The van der Waals surface area contributed by atoms with E-state index in [1.165, 1.54) is 0 Å². The van der Waals surface area contributed by atoms with Crippen LogP contribution in [0.25, 0.3) is 0 Å². The Hall–Kier alpha value is -1.36. The molecule has 2 rings (SSSR count). The van der Waals surface area contributed by atoms with Crippen LogP contribution in [0.2, 0.25) is 0 Å². The van der Waals surface area contributed by atoms with Crippen molar-refractivity contribution in [2.75, 3.05) is 6.61 Å². The fraction of sp³-hybridized carbons (Fsp3) is 0.579. The SMILES string of the molecule is CC1=CC(Cc2cc(C)c(O)c(CO)c2C)C(C)C(CO)C1O. The first kappa shape index (κ1) is 18.0. The molecule has 1 aromatic carbocycles. The molecule has 0 spiro atoms. The quantitative estimate of drug-likeness (QED) is 0.641. The predicted molar refractivity (Wildman–Crippen MR) is 90.2 cm³/mol. The van der Waals surface area contributed by atoms with Gasteiger partial charge in [0.1, 0.15) is 5.75 Å². The first-order valence-corrected chi connectivity index (χ1v) is 8.20. The van der Waals surface area contributed by atoms with Gasteiger partial charge in [-0.15, -0.1) is 0 Å². The van der Waals surface area contributed by atoms with Crippen LogP contribution in [0.1, 0.15) is 36.1 Å². The van der Waals surface area contributed by atoms with E-state index < -0.39 is 6.10 Å². The Morgan fingerprint density at radius 3 is 2.35 bits per heavy atom. The Balaban J connectivity index is 2.37. The van der Waals surface area contributed by atoms with Gasteiger partial charge in [-0.25, -0.2) is 0 Å². The Kier molecular flexibility index (Phi) is 5.50. The summed E-state index contributed by atoms with van der Waals surface area (Å²) in [4.78, 5) is 0. The van der Waals surface area contributed by atoms with Crippen molar-refractivity contribution in [3.05, 3.63) is 40.0 Å². The molecule has 0 saturated heterocycles. The van der Waals surface area contributed by atoms with Crippen LogP contribution >= 0.6 is 0 Å². The van der Waals surface area contributed by atoms with Crippen molar-refractivity contribution in [2.45, 2.75) is 46.8 Å². The average molecular weight is 320 g/mol. The van der Waals surface area contributed by atoms with Crippen molar-refractivity contribution in [1.82, 2.24) is 0 Å². The van der Waals surface area contributed by atoms with E-state index in [-0.39, 0.29) is 36.7 Å². The highest BCUT2D eigenvalue weighted by Gasteiger charge is 2.35. The molecule has 1 aliphatic rings. The Bertz CT molecular complexity index is 606. The number of aliphatic hydroxyl groups is 3. The van der Waals surface area contributed by atoms with Gasteiger partial charge in [0.2, 0.25) is 0 Å². The fourth-order valence-corrected chi connectivity index (χ4v) is 3.75. The van der Waals surface area contributed by atoms with Crippen molar-refractivity contribution >= 4 is 0 Å². The van der Waals surface area contributed by atoms with Crippen molar-refractivity contribution in [2.24, 2.45) is 17.8 Å². The molecule has 4 unspecified atom stereocenters. The summed E-state index contributed by atoms with van der Waals surface area (Å²) in [6.45, 7) is 7.51. The molecule has 0 aromatic heterocycles. The number of benzene rings is 1. The molecule has 0 fully saturated rings. The molecule has 0 aliphatic heterocycles. The lowest BCUT2D eigenvalue weighted by molar-refractivity contribution is 0.0363. The summed E-state index contributed by atoms with van der Waals surface area (Å²) in [6.07, 6.45) is 2.28. The van der Waals surface area contributed by atoms with Crippen LogP contribution in [-0.2, 0) is 13.0 Å². The molecular weight excluding hydrogens is 292 g/mol. The second kappa shape index (κ2) is 7.04. The molecule has 1 aromatic rings. The first-order chi connectivity index (χ1) is 10.8. The van der Waals surface area contributed by atoms with Gasteiger partial charge in [0.05, 0.1) is 12.7 Å². The third-order valence-electron chi connectivity index (χ3n) is 5.51. The normalized spacial score (nSPS) is 27.9. The topological polar surface area (TPSA) is 80.9 Å².